The third-order valence-corrected chi connectivity index (χ3v) is 3.78. The maximum atomic E-state index is 5.28. The van der Waals surface area contributed by atoms with Gasteiger partial charge in [0.15, 0.2) is 0 Å². The Morgan fingerprint density at radius 2 is 2.20 bits per heavy atom. The van der Waals surface area contributed by atoms with E-state index in [0.717, 1.165) is 24.3 Å². The van der Waals surface area contributed by atoms with E-state index in [1.807, 2.05) is 0 Å². The van der Waals surface area contributed by atoms with E-state index in [9.17, 15) is 0 Å². The minimum Gasteiger partial charge on any atom is -0.314 e. The van der Waals surface area contributed by atoms with Crippen molar-refractivity contribution in [1.29, 1.82) is 0 Å². The van der Waals surface area contributed by atoms with Crippen LogP contribution in [0.5, 0.6) is 0 Å². The van der Waals surface area contributed by atoms with E-state index < -0.39 is 0 Å². The van der Waals surface area contributed by atoms with E-state index in [1.54, 1.807) is 0 Å². The molecule has 0 aromatic rings. The molecule has 0 heterocycles. The highest BCUT2D eigenvalue weighted by atomic mass is 14.9. The Morgan fingerprint density at radius 3 is 2.87 bits per heavy atom. The predicted molar refractivity (Wildman–Crippen MR) is 66.7 cm³/mol. The van der Waals surface area contributed by atoms with Gasteiger partial charge in [0.2, 0.25) is 0 Å². The van der Waals surface area contributed by atoms with Crippen molar-refractivity contribution in [1.82, 2.24) is 5.32 Å². The molecule has 1 aliphatic carbocycles. The van der Waals surface area contributed by atoms with Crippen molar-refractivity contribution in [2.45, 2.75) is 58.4 Å². The zero-order valence-electron chi connectivity index (χ0n) is 10.3. The van der Waals surface area contributed by atoms with Gasteiger partial charge in [-0.1, -0.05) is 13.8 Å². The van der Waals surface area contributed by atoms with Crippen molar-refractivity contribution in [2.24, 2.45) is 11.8 Å². The zero-order valence-corrected chi connectivity index (χ0v) is 10.3. The number of nitrogens with one attached hydrogen (secondary N) is 1. The second kappa shape index (κ2) is 6.90. The molecule has 0 aromatic heterocycles. The highest BCUT2D eigenvalue weighted by molar-refractivity contribution is 4.88. The molecule has 0 radical (unpaired) electrons. The summed E-state index contributed by atoms with van der Waals surface area (Å²) in [5.74, 6) is 4.49. The van der Waals surface area contributed by atoms with Crippen LogP contribution in [0.3, 0.4) is 0 Å². The van der Waals surface area contributed by atoms with E-state index >= 15 is 0 Å². The van der Waals surface area contributed by atoms with E-state index in [1.165, 1.54) is 38.6 Å². The lowest BCUT2D eigenvalue weighted by Gasteiger charge is -2.21. The first-order valence-electron chi connectivity index (χ1n) is 6.46. The second-order valence-corrected chi connectivity index (χ2v) is 4.85. The van der Waals surface area contributed by atoms with Crippen molar-refractivity contribution in [3.63, 3.8) is 0 Å². The molecule has 0 amide bonds. The second-order valence-electron chi connectivity index (χ2n) is 4.85. The average Bonchev–Trinajstić information content (AvgIpc) is 2.58. The predicted octanol–water partition coefficient (Wildman–Crippen LogP) is 3.20. The van der Waals surface area contributed by atoms with Gasteiger partial charge in [-0.2, -0.15) is 0 Å². The van der Waals surface area contributed by atoms with Crippen LogP contribution < -0.4 is 5.32 Å². The van der Waals surface area contributed by atoms with Crippen molar-refractivity contribution < 1.29 is 0 Å². The van der Waals surface area contributed by atoms with Gasteiger partial charge in [0, 0.05) is 12.5 Å². The molecule has 1 heteroatoms. The molecule has 1 fully saturated rings. The highest BCUT2D eigenvalue weighted by Gasteiger charge is 2.31. The summed E-state index contributed by atoms with van der Waals surface area (Å²) in [6.07, 6.45) is 12.8. The Bertz CT molecular complexity index is 204. The lowest BCUT2D eigenvalue weighted by molar-refractivity contribution is 0.333. The number of hydrogen-bond acceptors (Lipinski definition) is 1. The third kappa shape index (κ3) is 3.87. The quantitative estimate of drug-likeness (QED) is 0.521. The molecule has 3 unspecified atom stereocenters. The molecule has 1 rings (SSSR count). The fourth-order valence-corrected chi connectivity index (χ4v) is 2.74. The van der Waals surface area contributed by atoms with Crippen molar-refractivity contribution in [3.8, 4) is 12.3 Å². The molecule has 0 spiro atoms. The molecular weight excluding hydrogens is 182 g/mol. The van der Waals surface area contributed by atoms with Gasteiger partial charge in [-0.05, 0) is 50.5 Å². The molecule has 86 valence electrons. The molecule has 15 heavy (non-hydrogen) atoms. The molecule has 1 aliphatic rings. The molecule has 1 nitrogen and oxygen atoms in total. The van der Waals surface area contributed by atoms with Crippen LogP contribution in [-0.2, 0) is 0 Å². The maximum absolute atomic E-state index is 5.28. The SMILES string of the molecule is C#CCCCC1CCC(NCCC)C1C. The first kappa shape index (κ1) is 12.6. The summed E-state index contributed by atoms with van der Waals surface area (Å²) in [7, 11) is 0. The van der Waals surface area contributed by atoms with E-state index in [0.29, 0.717) is 0 Å². The molecule has 3 atom stereocenters. The highest BCUT2D eigenvalue weighted by Crippen LogP contribution is 2.35. The van der Waals surface area contributed by atoms with Crippen LogP contribution in [0.25, 0.3) is 0 Å². The summed E-state index contributed by atoms with van der Waals surface area (Å²) in [6.45, 7) is 5.81. The summed E-state index contributed by atoms with van der Waals surface area (Å²) in [4.78, 5) is 0. The van der Waals surface area contributed by atoms with Crippen molar-refractivity contribution >= 4 is 0 Å². The van der Waals surface area contributed by atoms with E-state index in [4.69, 9.17) is 6.42 Å². The fourth-order valence-electron chi connectivity index (χ4n) is 2.74. The van der Waals surface area contributed by atoms with Gasteiger partial charge >= 0.3 is 0 Å². The summed E-state index contributed by atoms with van der Waals surface area (Å²) in [6, 6.07) is 0.765. The van der Waals surface area contributed by atoms with Crippen LogP contribution in [-0.4, -0.2) is 12.6 Å². The minimum absolute atomic E-state index is 0.765. The smallest absolute Gasteiger partial charge is 0.00954 e. The molecular formula is C14H25N. The number of terminal acetylenes is 1. The molecule has 0 bridgehead atoms. The molecule has 1 N–H and O–H groups in total. The Kier molecular flexibility index (Phi) is 5.79. The molecule has 0 aliphatic heterocycles. The minimum atomic E-state index is 0.765. The van der Waals surface area contributed by atoms with Gasteiger partial charge in [0.05, 0.1) is 0 Å². The molecule has 0 saturated heterocycles. The monoisotopic (exact) mass is 207 g/mol. The summed E-state index contributed by atoms with van der Waals surface area (Å²) in [5, 5.41) is 3.66. The Labute approximate surface area is 95.0 Å². The van der Waals surface area contributed by atoms with Crippen LogP contribution >= 0.6 is 0 Å². The lowest BCUT2D eigenvalue weighted by atomic mass is 9.91. The van der Waals surface area contributed by atoms with Crippen LogP contribution in [0.4, 0.5) is 0 Å². The van der Waals surface area contributed by atoms with Crippen LogP contribution in [0.15, 0.2) is 0 Å². The Morgan fingerprint density at radius 1 is 1.40 bits per heavy atom. The fraction of sp³-hybridized carbons (Fsp3) is 0.857. The number of unbranched alkanes of at least 4 members (excludes halogenated alkanes) is 1. The number of hydrogen-bond donors (Lipinski definition) is 1. The third-order valence-electron chi connectivity index (χ3n) is 3.78. The molecule has 1 saturated carbocycles. The van der Waals surface area contributed by atoms with Gasteiger partial charge in [-0.25, -0.2) is 0 Å². The average molecular weight is 207 g/mol. The molecule has 0 aromatic carbocycles. The van der Waals surface area contributed by atoms with Gasteiger partial charge < -0.3 is 5.32 Å². The van der Waals surface area contributed by atoms with Gasteiger partial charge in [-0.15, -0.1) is 12.3 Å². The van der Waals surface area contributed by atoms with Crippen LogP contribution in [0.2, 0.25) is 0 Å². The first-order valence-corrected chi connectivity index (χ1v) is 6.46. The van der Waals surface area contributed by atoms with Crippen LogP contribution in [0, 0.1) is 24.2 Å². The standard InChI is InChI=1S/C14H25N/c1-4-6-7-8-13-9-10-14(12(13)3)15-11-5-2/h1,12-15H,5-11H2,2-3H3. The van der Waals surface area contributed by atoms with Crippen molar-refractivity contribution in [3.05, 3.63) is 0 Å². The summed E-state index contributed by atoms with van der Waals surface area (Å²) < 4.78 is 0. The maximum Gasteiger partial charge on any atom is 0.00954 e. The normalized spacial score (nSPS) is 30.3. The Balaban J connectivity index is 2.23. The van der Waals surface area contributed by atoms with E-state index in [2.05, 4.69) is 25.1 Å². The summed E-state index contributed by atoms with van der Waals surface area (Å²) in [5.41, 5.74) is 0. The zero-order chi connectivity index (χ0) is 11.1. The number of rotatable bonds is 6. The van der Waals surface area contributed by atoms with Gasteiger partial charge in [-0.3, -0.25) is 0 Å². The lowest BCUT2D eigenvalue weighted by Crippen LogP contribution is -2.33. The van der Waals surface area contributed by atoms with Gasteiger partial charge in [0.25, 0.3) is 0 Å². The van der Waals surface area contributed by atoms with Crippen molar-refractivity contribution in [2.75, 3.05) is 6.54 Å². The first-order chi connectivity index (χ1) is 7.29. The Hall–Kier alpha value is -0.480. The van der Waals surface area contributed by atoms with Gasteiger partial charge in [0.1, 0.15) is 0 Å². The largest absolute Gasteiger partial charge is 0.314 e. The van der Waals surface area contributed by atoms with E-state index in [-0.39, 0.29) is 0 Å². The van der Waals surface area contributed by atoms with Crippen LogP contribution in [0.1, 0.15) is 52.4 Å². The topological polar surface area (TPSA) is 12.0 Å². The summed E-state index contributed by atoms with van der Waals surface area (Å²) >= 11 is 0.